The van der Waals surface area contributed by atoms with Crippen LogP contribution < -0.4 is 5.32 Å². The molecule has 0 spiro atoms. The van der Waals surface area contributed by atoms with Gasteiger partial charge in [0.2, 0.25) is 0 Å². The molecule has 0 fully saturated rings. The molecule has 2 rings (SSSR count). The minimum absolute atomic E-state index is 0.183. The van der Waals surface area contributed by atoms with Crippen molar-refractivity contribution in [1.29, 1.82) is 0 Å². The molecule has 102 valence electrons. The summed E-state index contributed by atoms with van der Waals surface area (Å²) in [5.41, 5.74) is 0. The van der Waals surface area contributed by atoms with Crippen LogP contribution in [-0.4, -0.2) is 24.1 Å². The molecule has 0 radical (unpaired) electrons. The summed E-state index contributed by atoms with van der Waals surface area (Å²) in [7, 11) is 1.32. The van der Waals surface area contributed by atoms with Crippen molar-refractivity contribution in [3.05, 3.63) is 32.4 Å². The van der Waals surface area contributed by atoms with Crippen molar-refractivity contribution in [2.45, 2.75) is 19.4 Å². The first-order valence-electron chi connectivity index (χ1n) is 5.63. The van der Waals surface area contributed by atoms with Crippen molar-refractivity contribution in [2.24, 2.45) is 0 Å². The lowest BCUT2D eigenvalue weighted by Gasteiger charge is -2.11. The average molecular weight is 317 g/mol. The number of hydrogen-bond acceptors (Lipinski definition) is 6. The predicted octanol–water partition coefficient (Wildman–Crippen LogP) is 3.69. The topological polar surface area (TPSA) is 51.2 Å². The molecule has 2 aromatic heterocycles. The molecular weight excluding hydrogens is 304 g/mol. The number of carbonyl (C=O) groups excluding carboxylic acids is 1. The van der Waals surface area contributed by atoms with E-state index in [2.05, 4.69) is 33.4 Å². The van der Waals surface area contributed by atoms with Crippen molar-refractivity contribution < 1.29 is 9.53 Å². The van der Waals surface area contributed by atoms with Crippen molar-refractivity contribution in [1.82, 2.24) is 4.98 Å². The van der Waals surface area contributed by atoms with Crippen molar-refractivity contribution in [3.8, 4) is 0 Å². The molecule has 0 aliphatic heterocycles. The van der Waals surface area contributed by atoms with Gasteiger partial charge in [0.05, 0.1) is 7.11 Å². The summed E-state index contributed by atoms with van der Waals surface area (Å²) < 4.78 is 4.64. The van der Waals surface area contributed by atoms with E-state index in [-0.39, 0.29) is 11.2 Å². The van der Waals surface area contributed by atoms with E-state index in [0.717, 1.165) is 6.42 Å². The predicted molar refractivity (Wildman–Crippen MR) is 79.6 cm³/mol. The fraction of sp³-hybridized carbons (Fsp3) is 0.333. The summed E-state index contributed by atoms with van der Waals surface area (Å²) >= 11 is 8.83. The number of nitrogens with one attached hydrogen (secondary N) is 1. The van der Waals surface area contributed by atoms with Crippen LogP contribution >= 0.6 is 34.3 Å². The fourth-order valence-electron chi connectivity index (χ4n) is 1.57. The second kappa shape index (κ2) is 6.36. The Morgan fingerprint density at radius 1 is 1.63 bits per heavy atom. The molecule has 7 heteroatoms. The number of thiazole rings is 1. The molecule has 0 aliphatic rings. The maximum Gasteiger partial charge on any atom is 0.351 e. The van der Waals surface area contributed by atoms with Crippen LogP contribution in [0, 0.1) is 0 Å². The number of halogens is 1. The number of rotatable bonds is 5. The van der Waals surface area contributed by atoms with Crippen LogP contribution in [0.5, 0.6) is 0 Å². The molecule has 1 atom stereocenters. The third-order valence-electron chi connectivity index (χ3n) is 2.41. The number of nitrogens with zero attached hydrogens (tertiary/aromatic N) is 1. The molecule has 19 heavy (non-hydrogen) atoms. The van der Waals surface area contributed by atoms with E-state index in [4.69, 9.17) is 11.6 Å². The summed E-state index contributed by atoms with van der Waals surface area (Å²) in [6.07, 6.45) is 0.905. The van der Waals surface area contributed by atoms with Crippen LogP contribution in [0.25, 0.3) is 0 Å². The fourth-order valence-corrected chi connectivity index (χ4v) is 3.62. The van der Waals surface area contributed by atoms with Gasteiger partial charge in [0.25, 0.3) is 0 Å². The molecule has 1 unspecified atom stereocenters. The highest BCUT2D eigenvalue weighted by Crippen LogP contribution is 2.28. The van der Waals surface area contributed by atoms with Gasteiger partial charge in [0, 0.05) is 17.3 Å². The zero-order valence-corrected chi connectivity index (χ0v) is 12.9. The van der Waals surface area contributed by atoms with E-state index in [1.165, 1.54) is 23.3 Å². The van der Waals surface area contributed by atoms with Gasteiger partial charge in [-0.3, -0.25) is 0 Å². The first-order chi connectivity index (χ1) is 9.10. The first-order valence-corrected chi connectivity index (χ1v) is 7.71. The Morgan fingerprint density at radius 2 is 2.42 bits per heavy atom. The quantitative estimate of drug-likeness (QED) is 0.855. The van der Waals surface area contributed by atoms with Crippen LogP contribution in [0.1, 0.15) is 21.5 Å². The van der Waals surface area contributed by atoms with Gasteiger partial charge in [-0.25, -0.2) is 9.78 Å². The maximum atomic E-state index is 11.4. The van der Waals surface area contributed by atoms with E-state index in [1.54, 1.807) is 11.3 Å². The molecule has 2 heterocycles. The third-order valence-corrected chi connectivity index (χ3v) is 4.66. The Labute approximate surface area is 124 Å². The number of hydrogen-bond donors (Lipinski definition) is 1. The van der Waals surface area contributed by atoms with Crippen LogP contribution in [0.2, 0.25) is 5.15 Å². The van der Waals surface area contributed by atoms with Gasteiger partial charge in [-0.05, 0) is 18.4 Å². The van der Waals surface area contributed by atoms with Gasteiger partial charge >= 0.3 is 5.97 Å². The largest absolute Gasteiger partial charge is 0.465 e. The number of ether oxygens (including phenoxy) is 1. The third kappa shape index (κ3) is 3.68. The van der Waals surface area contributed by atoms with Crippen molar-refractivity contribution in [2.75, 3.05) is 12.4 Å². The minimum atomic E-state index is -0.457. The van der Waals surface area contributed by atoms with E-state index < -0.39 is 5.97 Å². The molecule has 2 aromatic rings. The molecule has 0 amide bonds. The second-order valence-corrected chi connectivity index (χ2v) is 6.35. The summed E-state index contributed by atoms with van der Waals surface area (Å²) in [6, 6.07) is 4.34. The summed E-state index contributed by atoms with van der Waals surface area (Å²) in [4.78, 5) is 17.2. The van der Waals surface area contributed by atoms with Gasteiger partial charge in [-0.2, -0.15) is 0 Å². The van der Waals surface area contributed by atoms with Crippen LogP contribution in [0.15, 0.2) is 17.5 Å². The molecule has 0 aromatic carbocycles. The van der Waals surface area contributed by atoms with E-state index in [1.807, 2.05) is 6.07 Å². The van der Waals surface area contributed by atoms with E-state index in [9.17, 15) is 4.79 Å². The maximum absolute atomic E-state index is 11.4. The SMILES string of the molecule is COC(=O)c1sc(NC(C)Cc2cccs2)nc1Cl. The van der Waals surface area contributed by atoms with Gasteiger partial charge in [-0.1, -0.05) is 29.0 Å². The standard InChI is InChI=1S/C12H13ClN2O2S2/c1-7(6-8-4-3-5-18-8)14-12-15-10(13)9(19-12)11(16)17-2/h3-5,7H,6H2,1-2H3,(H,14,15). The Hall–Kier alpha value is -1.11. The Balaban J connectivity index is 2.01. The highest BCUT2D eigenvalue weighted by atomic mass is 35.5. The molecule has 1 N–H and O–H groups in total. The lowest BCUT2D eigenvalue weighted by atomic mass is 10.2. The summed E-state index contributed by atoms with van der Waals surface area (Å²) in [5, 5.41) is 6.11. The van der Waals surface area contributed by atoms with E-state index >= 15 is 0 Å². The molecule has 0 aliphatic carbocycles. The molecule has 0 saturated carbocycles. The van der Waals surface area contributed by atoms with Crippen LogP contribution in [0.3, 0.4) is 0 Å². The Morgan fingerprint density at radius 3 is 3.05 bits per heavy atom. The van der Waals surface area contributed by atoms with Gasteiger partial charge in [0.1, 0.15) is 0 Å². The summed E-state index contributed by atoms with van der Waals surface area (Å²) in [6.45, 7) is 2.06. The van der Waals surface area contributed by atoms with Crippen molar-refractivity contribution in [3.63, 3.8) is 0 Å². The van der Waals surface area contributed by atoms with Crippen LogP contribution in [-0.2, 0) is 11.2 Å². The zero-order valence-electron chi connectivity index (χ0n) is 10.5. The van der Waals surface area contributed by atoms with Gasteiger partial charge in [0.15, 0.2) is 15.2 Å². The summed E-state index contributed by atoms with van der Waals surface area (Å²) in [5.74, 6) is -0.457. The van der Waals surface area contributed by atoms with Crippen molar-refractivity contribution >= 4 is 45.4 Å². The monoisotopic (exact) mass is 316 g/mol. The zero-order chi connectivity index (χ0) is 13.8. The van der Waals surface area contributed by atoms with Gasteiger partial charge < -0.3 is 10.1 Å². The van der Waals surface area contributed by atoms with Crippen LogP contribution in [0.4, 0.5) is 5.13 Å². The lowest BCUT2D eigenvalue weighted by molar-refractivity contribution is 0.0606. The number of thiophene rings is 1. The number of aromatic nitrogens is 1. The highest BCUT2D eigenvalue weighted by Gasteiger charge is 2.18. The minimum Gasteiger partial charge on any atom is -0.465 e. The van der Waals surface area contributed by atoms with Gasteiger partial charge in [-0.15, -0.1) is 11.3 Å². The number of anilines is 1. The first kappa shape index (κ1) is 14.3. The number of methoxy groups -OCH3 is 1. The average Bonchev–Trinajstić information content (AvgIpc) is 2.98. The smallest absolute Gasteiger partial charge is 0.351 e. The lowest BCUT2D eigenvalue weighted by Crippen LogP contribution is -2.17. The molecule has 0 bridgehead atoms. The number of esters is 1. The normalized spacial score (nSPS) is 12.2. The second-order valence-electron chi connectivity index (χ2n) is 3.96. The number of carbonyl (C=O) groups is 1. The highest BCUT2D eigenvalue weighted by molar-refractivity contribution is 7.18. The van der Waals surface area contributed by atoms with E-state index in [0.29, 0.717) is 10.0 Å². The Bertz CT molecular complexity index is 554. The molecule has 4 nitrogen and oxygen atoms in total. The molecular formula is C12H13ClN2O2S2. The Kier molecular flexibility index (Phi) is 4.79. The molecule has 0 saturated heterocycles.